The molecule has 0 aliphatic heterocycles. The van der Waals surface area contributed by atoms with Gasteiger partial charge in [0.2, 0.25) is 0 Å². The summed E-state index contributed by atoms with van der Waals surface area (Å²) in [7, 11) is 1.68. The van der Waals surface area contributed by atoms with E-state index in [1.165, 1.54) is 6.20 Å². The minimum Gasteiger partial charge on any atom is -0.332 e. The Morgan fingerprint density at radius 2 is 2.07 bits per heavy atom. The molecule has 80 valence electrons. The monoisotopic (exact) mass is 216 g/mol. The highest BCUT2D eigenvalue weighted by atomic mass is 19.4. The lowest BCUT2D eigenvalue weighted by atomic mass is 10.5. The Hall–Kier alpha value is -1.79. The van der Waals surface area contributed by atoms with Crippen LogP contribution in [-0.2, 0) is 13.2 Å². The summed E-state index contributed by atoms with van der Waals surface area (Å²) in [4.78, 5) is 9.69. The molecule has 0 aliphatic carbocycles. The Labute approximate surface area is 82.8 Å². The van der Waals surface area contributed by atoms with E-state index in [2.05, 4.69) is 15.0 Å². The third-order valence-electron chi connectivity index (χ3n) is 1.91. The van der Waals surface area contributed by atoms with Crippen LogP contribution in [0.2, 0.25) is 0 Å². The molecule has 0 amide bonds. The van der Waals surface area contributed by atoms with Crippen LogP contribution in [0.3, 0.4) is 0 Å². The minimum absolute atomic E-state index is 0.106. The van der Waals surface area contributed by atoms with Gasteiger partial charge in [0.1, 0.15) is 5.69 Å². The predicted octanol–water partition coefficient (Wildman–Crippen LogP) is 1.83. The van der Waals surface area contributed by atoms with Crippen LogP contribution in [0.15, 0.2) is 18.6 Å². The van der Waals surface area contributed by atoms with Gasteiger partial charge < -0.3 is 9.55 Å². The van der Waals surface area contributed by atoms with Crippen LogP contribution < -0.4 is 0 Å². The normalized spacial score (nSPS) is 12.0. The van der Waals surface area contributed by atoms with E-state index in [-0.39, 0.29) is 5.82 Å². The lowest BCUT2D eigenvalue weighted by Gasteiger charge is -2.01. The van der Waals surface area contributed by atoms with Crippen molar-refractivity contribution in [3.05, 3.63) is 24.3 Å². The summed E-state index contributed by atoms with van der Waals surface area (Å²) in [6.45, 7) is 0. The van der Waals surface area contributed by atoms with Crippen molar-refractivity contribution < 1.29 is 13.2 Å². The Balaban J connectivity index is 2.41. The Morgan fingerprint density at radius 3 is 2.53 bits per heavy atom. The molecule has 2 rings (SSSR count). The third kappa shape index (κ3) is 1.72. The number of hydrogen-bond acceptors (Lipinski definition) is 2. The zero-order valence-electron chi connectivity index (χ0n) is 7.71. The van der Waals surface area contributed by atoms with Gasteiger partial charge in [-0.25, -0.2) is 9.97 Å². The Kier molecular flexibility index (Phi) is 2.02. The zero-order chi connectivity index (χ0) is 11.1. The number of aromatic amines is 1. The maximum absolute atomic E-state index is 12.2. The van der Waals surface area contributed by atoms with E-state index >= 15 is 0 Å². The van der Waals surface area contributed by atoms with Gasteiger partial charge in [0.05, 0.1) is 6.20 Å². The summed E-state index contributed by atoms with van der Waals surface area (Å²) in [6.07, 6.45) is -0.531. The number of hydrogen-bond donors (Lipinski definition) is 1. The van der Waals surface area contributed by atoms with Crippen LogP contribution in [0.25, 0.3) is 11.6 Å². The fraction of sp³-hybridized carbons (Fsp3) is 0.250. The van der Waals surface area contributed by atoms with Crippen molar-refractivity contribution >= 4 is 0 Å². The van der Waals surface area contributed by atoms with Crippen molar-refractivity contribution in [3.63, 3.8) is 0 Å². The largest absolute Gasteiger partial charge is 0.432 e. The van der Waals surface area contributed by atoms with Gasteiger partial charge in [0.15, 0.2) is 11.6 Å². The van der Waals surface area contributed by atoms with E-state index in [4.69, 9.17) is 0 Å². The number of imidazole rings is 2. The SMILES string of the molecule is Cn1ccnc1-c1ncc(C(F)(F)F)[nH]1. The highest BCUT2D eigenvalue weighted by molar-refractivity contribution is 5.44. The standard InChI is InChI=1S/C8H7F3N4/c1-15-3-2-12-7(15)6-13-4-5(14-6)8(9,10)11/h2-4H,1H3,(H,13,14). The second-order valence-electron chi connectivity index (χ2n) is 3.00. The van der Waals surface area contributed by atoms with Crippen LogP contribution >= 0.6 is 0 Å². The first-order chi connectivity index (χ1) is 6.98. The van der Waals surface area contributed by atoms with Gasteiger partial charge in [0, 0.05) is 19.4 Å². The maximum atomic E-state index is 12.2. The van der Waals surface area contributed by atoms with Crippen LogP contribution in [-0.4, -0.2) is 19.5 Å². The molecule has 0 atom stereocenters. The quantitative estimate of drug-likeness (QED) is 0.790. The second kappa shape index (κ2) is 3.11. The number of aromatic nitrogens is 4. The zero-order valence-corrected chi connectivity index (χ0v) is 7.71. The fourth-order valence-electron chi connectivity index (χ4n) is 1.17. The molecule has 0 saturated heterocycles. The van der Waals surface area contributed by atoms with Crippen LogP contribution in [0.4, 0.5) is 13.2 Å². The molecule has 7 heteroatoms. The summed E-state index contributed by atoms with van der Waals surface area (Å²) >= 11 is 0. The summed E-state index contributed by atoms with van der Waals surface area (Å²) in [5.41, 5.74) is -0.875. The molecule has 0 radical (unpaired) electrons. The highest BCUT2D eigenvalue weighted by Crippen LogP contribution is 2.28. The molecule has 0 unspecified atom stereocenters. The molecule has 2 aromatic heterocycles. The first-order valence-electron chi connectivity index (χ1n) is 4.08. The van der Waals surface area contributed by atoms with E-state index in [1.54, 1.807) is 17.8 Å². The second-order valence-corrected chi connectivity index (χ2v) is 3.00. The Bertz CT molecular complexity index is 468. The lowest BCUT2D eigenvalue weighted by Crippen LogP contribution is -2.05. The van der Waals surface area contributed by atoms with Gasteiger partial charge >= 0.3 is 6.18 Å². The minimum atomic E-state index is -4.41. The van der Waals surface area contributed by atoms with Crippen molar-refractivity contribution in [2.24, 2.45) is 7.05 Å². The van der Waals surface area contributed by atoms with Crippen LogP contribution in [0, 0.1) is 0 Å². The van der Waals surface area contributed by atoms with E-state index in [9.17, 15) is 13.2 Å². The molecule has 1 N–H and O–H groups in total. The molecule has 0 aromatic carbocycles. The molecular formula is C8H7F3N4. The van der Waals surface area contributed by atoms with Crippen molar-refractivity contribution in [1.29, 1.82) is 0 Å². The molecule has 2 aromatic rings. The average Bonchev–Trinajstić information content (AvgIpc) is 2.69. The number of halogens is 3. The topological polar surface area (TPSA) is 46.5 Å². The Morgan fingerprint density at radius 1 is 1.33 bits per heavy atom. The fourth-order valence-corrected chi connectivity index (χ4v) is 1.17. The molecule has 15 heavy (non-hydrogen) atoms. The van der Waals surface area contributed by atoms with Gasteiger partial charge in [-0.05, 0) is 0 Å². The van der Waals surface area contributed by atoms with Crippen LogP contribution in [0.1, 0.15) is 5.69 Å². The average molecular weight is 216 g/mol. The lowest BCUT2D eigenvalue weighted by molar-refractivity contribution is -0.140. The number of nitrogens with one attached hydrogen (secondary N) is 1. The van der Waals surface area contributed by atoms with Crippen molar-refractivity contribution in [2.45, 2.75) is 6.18 Å². The number of H-pyrrole nitrogens is 1. The van der Waals surface area contributed by atoms with E-state index in [1.807, 2.05) is 0 Å². The smallest absolute Gasteiger partial charge is 0.332 e. The van der Waals surface area contributed by atoms with E-state index < -0.39 is 11.9 Å². The highest BCUT2D eigenvalue weighted by Gasteiger charge is 2.33. The molecule has 0 spiro atoms. The van der Waals surface area contributed by atoms with Gasteiger partial charge in [-0.2, -0.15) is 13.2 Å². The van der Waals surface area contributed by atoms with Gasteiger partial charge in [-0.15, -0.1) is 0 Å². The third-order valence-corrected chi connectivity index (χ3v) is 1.91. The van der Waals surface area contributed by atoms with E-state index in [0.717, 1.165) is 6.20 Å². The molecule has 2 heterocycles. The first kappa shape index (κ1) is 9.75. The van der Waals surface area contributed by atoms with Gasteiger partial charge in [-0.1, -0.05) is 0 Å². The molecule has 0 saturated carbocycles. The molecule has 4 nitrogen and oxygen atoms in total. The summed E-state index contributed by atoms with van der Waals surface area (Å²) < 4.78 is 38.3. The van der Waals surface area contributed by atoms with Crippen molar-refractivity contribution in [3.8, 4) is 11.6 Å². The number of rotatable bonds is 1. The molecule has 0 aliphatic rings. The van der Waals surface area contributed by atoms with Crippen molar-refractivity contribution in [2.75, 3.05) is 0 Å². The predicted molar refractivity (Wildman–Crippen MR) is 45.8 cm³/mol. The number of alkyl halides is 3. The van der Waals surface area contributed by atoms with Crippen molar-refractivity contribution in [1.82, 2.24) is 19.5 Å². The number of aryl methyl sites for hydroxylation is 1. The van der Waals surface area contributed by atoms with E-state index in [0.29, 0.717) is 5.82 Å². The van der Waals surface area contributed by atoms with Gasteiger partial charge in [0.25, 0.3) is 0 Å². The maximum Gasteiger partial charge on any atom is 0.432 e. The number of nitrogens with zero attached hydrogens (tertiary/aromatic N) is 3. The van der Waals surface area contributed by atoms with Crippen LogP contribution in [0.5, 0.6) is 0 Å². The summed E-state index contributed by atoms with van der Waals surface area (Å²) in [5.74, 6) is 0.473. The molecule has 0 fully saturated rings. The summed E-state index contributed by atoms with van der Waals surface area (Å²) in [6, 6.07) is 0. The molecular weight excluding hydrogens is 209 g/mol. The van der Waals surface area contributed by atoms with Gasteiger partial charge in [-0.3, -0.25) is 0 Å². The molecule has 0 bridgehead atoms. The first-order valence-corrected chi connectivity index (χ1v) is 4.08. The summed E-state index contributed by atoms with van der Waals surface area (Å²) in [5, 5.41) is 0.